The Morgan fingerprint density at radius 3 is 2.47 bits per heavy atom. The topological polar surface area (TPSA) is 81.4 Å². The number of carbonyl (C=O) groups is 2. The molecule has 30 heavy (non-hydrogen) atoms. The van der Waals surface area contributed by atoms with Gasteiger partial charge in [-0.05, 0) is 41.2 Å². The normalized spacial score (nSPS) is 11.7. The van der Waals surface area contributed by atoms with Crippen molar-refractivity contribution in [3.63, 3.8) is 0 Å². The number of rotatable bonds is 9. The first kappa shape index (κ1) is 23.6. The van der Waals surface area contributed by atoms with E-state index in [2.05, 4.69) is 22.0 Å². The summed E-state index contributed by atoms with van der Waals surface area (Å²) in [5.41, 5.74) is 3.11. The van der Waals surface area contributed by atoms with Crippen molar-refractivity contribution in [2.75, 3.05) is 0 Å². The average Bonchev–Trinajstić information content (AvgIpc) is 2.72. The molecule has 2 rings (SSSR count). The van der Waals surface area contributed by atoms with Crippen LogP contribution in [0.3, 0.4) is 0 Å². The number of unbranched alkanes of at least 4 members (excludes halogenated alkanes) is 1. The maximum Gasteiger partial charge on any atom is 0.326 e. The van der Waals surface area contributed by atoms with Crippen LogP contribution in [0.5, 0.6) is 0 Å². The Labute approximate surface area is 186 Å². The second-order valence-corrected chi connectivity index (χ2v) is 8.47. The van der Waals surface area contributed by atoms with Crippen molar-refractivity contribution < 1.29 is 14.7 Å². The summed E-state index contributed by atoms with van der Waals surface area (Å²) < 4.78 is 0.772. The molecule has 0 saturated carbocycles. The van der Waals surface area contributed by atoms with E-state index in [4.69, 9.17) is 0 Å². The number of hydrogen-bond acceptors (Lipinski definition) is 3. The van der Waals surface area contributed by atoms with Crippen LogP contribution in [0, 0.1) is 17.2 Å². The first-order valence-electron chi connectivity index (χ1n) is 10.1. The van der Waals surface area contributed by atoms with Gasteiger partial charge in [0.15, 0.2) is 0 Å². The molecule has 1 N–H and O–H groups in total. The fraction of sp³-hybridized carbons (Fsp3) is 0.375. The lowest BCUT2D eigenvalue weighted by molar-refractivity contribution is -0.153. The zero-order valence-electron chi connectivity index (χ0n) is 17.6. The molecule has 0 unspecified atom stereocenters. The fourth-order valence-corrected chi connectivity index (χ4v) is 3.95. The van der Waals surface area contributed by atoms with E-state index < -0.39 is 12.0 Å². The molecule has 1 atom stereocenters. The summed E-state index contributed by atoms with van der Waals surface area (Å²) in [5.74, 6) is -1.36. The van der Waals surface area contributed by atoms with Crippen LogP contribution in [-0.4, -0.2) is 27.9 Å². The molecule has 0 aliphatic carbocycles. The average molecular weight is 471 g/mol. The molecule has 0 heterocycles. The number of hydrogen-bond donors (Lipinski definition) is 1. The summed E-state index contributed by atoms with van der Waals surface area (Å²) in [6.07, 6.45) is 1.93. The number of nitriles is 1. The zero-order valence-corrected chi connectivity index (χ0v) is 19.1. The quantitative estimate of drug-likeness (QED) is 0.515. The molecule has 0 spiro atoms. The second kappa shape index (κ2) is 10.9. The summed E-state index contributed by atoms with van der Waals surface area (Å²) in [7, 11) is 0. The van der Waals surface area contributed by atoms with Gasteiger partial charge in [0.25, 0.3) is 0 Å². The molecule has 0 fully saturated rings. The fourth-order valence-electron chi connectivity index (χ4n) is 3.45. The Morgan fingerprint density at radius 1 is 1.20 bits per heavy atom. The van der Waals surface area contributed by atoms with Crippen molar-refractivity contribution in [3.05, 3.63) is 58.1 Å². The van der Waals surface area contributed by atoms with E-state index >= 15 is 0 Å². The van der Waals surface area contributed by atoms with E-state index in [0.717, 1.165) is 34.0 Å². The van der Waals surface area contributed by atoms with Crippen molar-refractivity contribution in [1.82, 2.24) is 4.90 Å². The third-order valence-electron chi connectivity index (χ3n) is 5.04. The Morgan fingerprint density at radius 2 is 1.90 bits per heavy atom. The Balaban J connectivity index is 2.39. The van der Waals surface area contributed by atoms with E-state index in [-0.39, 0.29) is 18.4 Å². The molecule has 0 aliphatic rings. The smallest absolute Gasteiger partial charge is 0.326 e. The monoisotopic (exact) mass is 470 g/mol. The summed E-state index contributed by atoms with van der Waals surface area (Å²) in [6.45, 7) is 5.84. The number of nitrogens with zero attached hydrogens (tertiary/aromatic N) is 2. The minimum atomic E-state index is -0.995. The molecule has 0 saturated heterocycles. The van der Waals surface area contributed by atoms with Crippen LogP contribution in [-0.2, 0) is 16.1 Å². The molecule has 5 nitrogen and oxygen atoms in total. The maximum atomic E-state index is 12.9. The van der Waals surface area contributed by atoms with Crippen molar-refractivity contribution >= 4 is 27.8 Å². The highest BCUT2D eigenvalue weighted by atomic mass is 79.9. The number of carbonyl (C=O) groups excluding carboxylic acids is 1. The molecule has 2 aromatic rings. The van der Waals surface area contributed by atoms with Gasteiger partial charge in [-0.25, -0.2) is 4.79 Å². The van der Waals surface area contributed by atoms with Gasteiger partial charge in [-0.3, -0.25) is 4.79 Å². The lowest BCUT2D eigenvalue weighted by Crippen LogP contribution is -2.47. The first-order valence-corrected chi connectivity index (χ1v) is 10.9. The van der Waals surface area contributed by atoms with Gasteiger partial charge in [0, 0.05) is 17.4 Å². The number of halogens is 1. The van der Waals surface area contributed by atoms with Crippen molar-refractivity contribution in [2.24, 2.45) is 5.92 Å². The Kier molecular flexibility index (Phi) is 8.61. The number of carboxylic acid groups (broad SMARTS) is 1. The lowest BCUT2D eigenvalue weighted by Gasteiger charge is -2.32. The van der Waals surface area contributed by atoms with Gasteiger partial charge >= 0.3 is 5.97 Å². The molecular formula is C24H27BrN2O3. The predicted molar refractivity (Wildman–Crippen MR) is 121 cm³/mol. The van der Waals surface area contributed by atoms with Crippen LogP contribution in [0.4, 0.5) is 0 Å². The summed E-state index contributed by atoms with van der Waals surface area (Å²) in [4.78, 5) is 26.2. The van der Waals surface area contributed by atoms with E-state index in [1.54, 1.807) is 6.07 Å². The highest BCUT2D eigenvalue weighted by Gasteiger charge is 2.32. The Bertz CT molecular complexity index is 950. The maximum absolute atomic E-state index is 12.9. The van der Waals surface area contributed by atoms with Gasteiger partial charge in [-0.15, -0.1) is 0 Å². The minimum absolute atomic E-state index is 0.149. The molecule has 1 amide bonds. The van der Waals surface area contributed by atoms with Crippen molar-refractivity contribution in [2.45, 2.75) is 52.6 Å². The van der Waals surface area contributed by atoms with E-state index in [9.17, 15) is 20.0 Å². The van der Waals surface area contributed by atoms with Crippen LogP contribution in [0.25, 0.3) is 11.1 Å². The lowest BCUT2D eigenvalue weighted by atomic mass is 9.98. The highest BCUT2D eigenvalue weighted by Crippen LogP contribution is 2.30. The molecule has 0 radical (unpaired) electrons. The van der Waals surface area contributed by atoms with Crippen LogP contribution in [0.1, 0.15) is 51.2 Å². The minimum Gasteiger partial charge on any atom is -0.480 e. The summed E-state index contributed by atoms with van der Waals surface area (Å²) in [5, 5.41) is 19.1. The second-order valence-electron chi connectivity index (χ2n) is 7.62. The van der Waals surface area contributed by atoms with Gasteiger partial charge in [-0.2, -0.15) is 5.26 Å². The van der Waals surface area contributed by atoms with Crippen LogP contribution < -0.4 is 0 Å². The highest BCUT2D eigenvalue weighted by molar-refractivity contribution is 9.10. The SMILES string of the molecule is CCCCC(=O)N(Cc1ccc(-c2ccccc2C#N)cc1Br)[C@H](C(=O)O)C(C)C. The molecule has 0 bridgehead atoms. The molecule has 2 aromatic carbocycles. The van der Waals surface area contributed by atoms with Crippen LogP contribution in [0.2, 0.25) is 0 Å². The first-order chi connectivity index (χ1) is 14.3. The van der Waals surface area contributed by atoms with E-state index in [1.165, 1.54) is 4.90 Å². The zero-order chi connectivity index (χ0) is 22.3. The van der Waals surface area contributed by atoms with Crippen LogP contribution >= 0.6 is 15.9 Å². The number of carboxylic acids is 1. The van der Waals surface area contributed by atoms with E-state index in [1.807, 2.05) is 57.2 Å². The van der Waals surface area contributed by atoms with Gasteiger partial charge < -0.3 is 10.0 Å². The van der Waals surface area contributed by atoms with Gasteiger partial charge in [-0.1, -0.05) is 73.5 Å². The number of amides is 1. The molecule has 158 valence electrons. The van der Waals surface area contributed by atoms with Crippen molar-refractivity contribution in [3.8, 4) is 17.2 Å². The van der Waals surface area contributed by atoms with Gasteiger partial charge in [0.1, 0.15) is 6.04 Å². The van der Waals surface area contributed by atoms with E-state index in [0.29, 0.717) is 12.0 Å². The van der Waals surface area contributed by atoms with Crippen LogP contribution in [0.15, 0.2) is 46.9 Å². The van der Waals surface area contributed by atoms with Gasteiger partial charge in [0.05, 0.1) is 11.6 Å². The molecule has 0 aromatic heterocycles. The number of benzene rings is 2. The third-order valence-corrected chi connectivity index (χ3v) is 5.78. The molecule has 0 aliphatic heterocycles. The van der Waals surface area contributed by atoms with Gasteiger partial charge in [0.2, 0.25) is 5.91 Å². The third kappa shape index (κ3) is 5.70. The predicted octanol–water partition coefficient (Wildman–Crippen LogP) is 5.62. The number of aliphatic carboxylic acids is 1. The van der Waals surface area contributed by atoms with Crippen molar-refractivity contribution in [1.29, 1.82) is 5.26 Å². The molecular weight excluding hydrogens is 444 g/mol. The largest absolute Gasteiger partial charge is 0.480 e. The summed E-state index contributed by atoms with van der Waals surface area (Å²) >= 11 is 3.58. The summed E-state index contributed by atoms with van der Waals surface area (Å²) in [6, 6.07) is 14.4. The standard InChI is InChI=1S/C24H27BrN2O3/c1-4-5-10-22(28)27(23(16(2)3)24(29)30)15-19-12-11-17(13-21(19)25)20-9-7-6-8-18(20)14-26/h6-9,11-13,16,23H,4-5,10,15H2,1-3H3,(H,29,30)/t23-/m0/s1. The Hall–Kier alpha value is -2.65. The molecule has 6 heteroatoms.